The van der Waals surface area contributed by atoms with Gasteiger partial charge in [0.05, 0.1) is 0 Å². The van der Waals surface area contributed by atoms with E-state index in [1.165, 1.54) is 45.4 Å². The molecule has 2 rings (SSSR count). The zero-order valence-corrected chi connectivity index (χ0v) is 22.6. The molecule has 0 saturated heterocycles. The van der Waals surface area contributed by atoms with Gasteiger partial charge in [-0.05, 0) is 86.3 Å². The van der Waals surface area contributed by atoms with Crippen molar-refractivity contribution >= 4 is 5.57 Å². The summed E-state index contributed by atoms with van der Waals surface area (Å²) in [4.78, 5) is 0. The largest absolute Gasteiger partial charge is 0.106 e. The standard InChI is InChI=1S/C12H16.C11H16.C6H14.C2H4/c1-8(2)12-7-6-9(3)10(4)11(12)5;1-4-10-7-6-9(3)8-11(10)5-2;1-5-6(2,3)4;1-2/h6-7H,1H2,2-5H3;6-8H,4-5H2,1-3H3;5H2,1-4H3;1-2H2. The smallest absolute Gasteiger partial charge is 0.0201 e. The van der Waals surface area contributed by atoms with Crippen LogP contribution in [0.25, 0.3) is 5.57 Å². The Hall–Kier alpha value is -2.08. The molecule has 0 saturated carbocycles. The Bertz CT molecular complexity index is 784. The summed E-state index contributed by atoms with van der Waals surface area (Å²) in [6.45, 7) is 34.0. The van der Waals surface area contributed by atoms with Crippen molar-refractivity contribution in [3.05, 3.63) is 89.0 Å². The van der Waals surface area contributed by atoms with Gasteiger partial charge >= 0.3 is 0 Å². The lowest BCUT2D eigenvalue weighted by Gasteiger charge is -2.12. The van der Waals surface area contributed by atoms with Gasteiger partial charge in [-0.25, -0.2) is 0 Å². The van der Waals surface area contributed by atoms with Crippen LogP contribution in [0.1, 0.15) is 93.8 Å². The van der Waals surface area contributed by atoms with Gasteiger partial charge in [-0.2, -0.15) is 0 Å². The molecule has 0 aromatic heterocycles. The van der Waals surface area contributed by atoms with Crippen LogP contribution in [-0.2, 0) is 12.8 Å². The molecule has 0 nitrogen and oxygen atoms in total. The van der Waals surface area contributed by atoms with Crippen LogP contribution >= 0.6 is 0 Å². The van der Waals surface area contributed by atoms with E-state index in [1.54, 1.807) is 0 Å². The Morgan fingerprint density at radius 3 is 1.65 bits per heavy atom. The van der Waals surface area contributed by atoms with Gasteiger partial charge in [-0.3, -0.25) is 0 Å². The first-order chi connectivity index (χ1) is 14.4. The molecule has 174 valence electrons. The minimum Gasteiger partial charge on any atom is -0.106 e. The maximum absolute atomic E-state index is 3.96. The highest BCUT2D eigenvalue weighted by Gasteiger charge is 2.04. The van der Waals surface area contributed by atoms with Crippen LogP contribution < -0.4 is 0 Å². The highest BCUT2D eigenvalue weighted by atomic mass is 14.1. The van der Waals surface area contributed by atoms with E-state index in [0.29, 0.717) is 5.41 Å². The number of rotatable bonds is 3. The maximum Gasteiger partial charge on any atom is -0.0201 e. The van der Waals surface area contributed by atoms with Crippen molar-refractivity contribution in [2.75, 3.05) is 0 Å². The normalized spacial score (nSPS) is 9.90. The average Bonchev–Trinajstić information content (AvgIpc) is 2.73. The highest BCUT2D eigenvalue weighted by Crippen LogP contribution is 2.22. The van der Waals surface area contributed by atoms with Crippen LogP contribution in [0.5, 0.6) is 0 Å². The summed E-state index contributed by atoms with van der Waals surface area (Å²) in [6.07, 6.45) is 3.58. The van der Waals surface area contributed by atoms with Gasteiger partial charge in [0.2, 0.25) is 0 Å². The number of hydrogen-bond acceptors (Lipinski definition) is 0. The maximum atomic E-state index is 3.96. The molecule has 0 aliphatic carbocycles. The van der Waals surface area contributed by atoms with E-state index in [2.05, 4.69) is 126 Å². The summed E-state index contributed by atoms with van der Waals surface area (Å²) in [6, 6.07) is 11.0. The number of hydrogen-bond donors (Lipinski definition) is 0. The Morgan fingerprint density at radius 2 is 1.26 bits per heavy atom. The molecule has 0 N–H and O–H groups in total. The van der Waals surface area contributed by atoms with E-state index in [-0.39, 0.29) is 0 Å². The van der Waals surface area contributed by atoms with Crippen LogP contribution in [0.2, 0.25) is 0 Å². The van der Waals surface area contributed by atoms with E-state index < -0.39 is 0 Å². The molecule has 0 heterocycles. The molecule has 0 atom stereocenters. The third-order valence-corrected chi connectivity index (χ3v) is 5.70. The number of benzene rings is 2. The lowest BCUT2D eigenvalue weighted by atomic mass is 9.94. The summed E-state index contributed by atoms with van der Waals surface area (Å²) < 4.78 is 0. The number of aryl methyl sites for hydroxylation is 4. The average molecular weight is 423 g/mol. The zero-order chi connectivity index (χ0) is 24.8. The van der Waals surface area contributed by atoms with Crippen molar-refractivity contribution in [2.24, 2.45) is 5.41 Å². The fourth-order valence-electron chi connectivity index (χ4n) is 2.85. The minimum absolute atomic E-state index is 0.542. The van der Waals surface area contributed by atoms with E-state index >= 15 is 0 Å². The van der Waals surface area contributed by atoms with Crippen molar-refractivity contribution in [3.63, 3.8) is 0 Å². The van der Waals surface area contributed by atoms with Crippen molar-refractivity contribution in [3.8, 4) is 0 Å². The van der Waals surface area contributed by atoms with E-state index in [0.717, 1.165) is 18.4 Å². The summed E-state index contributed by atoms with van der Waals surface area (Å²) in [5, 5.41) is 0. The zero-order valence-electron chi connectivity index (χ0n) is 22.6. The van der Waals surface area contributed by atoms with E-state index in [9.17, 15) is 0 Å². The van der Waals surface area contributed by atoms with Gasteiger partial charge in [0.25, 0.3) is 0 Å². The van der Waals surface area contributed by atoms with Gasteiger partial charge in [-0.15, -0.1) is 13.2 Å². The summed E-state index contributed by atoms with van der Waals surface area (Å²) in [5.41, 5.74) is 11.5. The van der Waals surface area contributed by atoms with Crippen LogP contribution in [0, 0.1) is 33.1 Å². The van der Waals surface area contributed by atoms with Gasteiger partial charge in [0.1, 0.15) is 0 Å². The Morgan fingerprint density at radius 1 is 0.774 bits per heavy atom. The SMILES string of the molecule is C=C.C=C(C)c1ccc(C)c(C)c1C.CCC(C)(C)C.CCc1ccc(C)cc1CC. The molecule has 0 aliphatic rings. The highest BCUT2D eigenvalue weighted by molar-refractivity contribution is 5.66. The Labute approximate surface area is 195 Å². The number of allylic oxidation sites excluding steroid dienone is 1. The van der Waals surface area contributed by atoms with Gasteiger partial charge in [0, 0.05) is 0 Å². The molecule has 0 unspecified atom stereocenters. The molecular formula is C31H50. The molecule has 0 spiro atoms. The first kappa shape index (κ1) is 31.1. The quantitative estimate of drug-likeness (QED) is 0.431. The predicted octanol–water partition coefficient (Wildman–Crippen LogP) is 10.0. The summed E-state index contributed by atoms with van der Waals surface area (Å²) >= 11 is 0. The van der Waals surface area contributed by atoms with Gasteiger partial charge < -0.3 is 0 Å². The Kier molecular flexibility index (Phi) is 15.7. The second-order valence-electron chi connectivity index (χ2n) is 9.35. The second kappa shape index (κ2) is 15.7. The molecule has 0 amide bonds. The molecule has 0 fully saturated rings. The van der Waals surface area contributed by atoms with Crippen LogP contribution in [-0.4, -0.2) is 0 Å². The van der Waals surface area contributed by atoms with Crippen LogP contribution in [0.4, 0.5) is 0 Å². The molecule has 2 aromatic carbocycles. The topological polar surface area (TPSA) is 0 Å². The fraction of sp³-hybridized carbons (Fsp3) is 0.484. The monoisotopic (exact) mass is 422 g/mol. The lowest BCUT2D eigenvalue weighted by molar-refractivity contribution is 0.398. The summed E-state index contributed by atoms with van der Waals surface area (Å²) in [5.74, 6) is 0. The van der Waals surface area contributed by atoms with Crippen molar-refractivity contribution in [1.82, 2.24) is 0 Å². The van der Waals surface area contributed by atoms with Crippen molar-refractivity contribution in [1.29, 1.82) is 0 Å². The van der Waals surface area contributed by atoms with Crippen LogP contribution in [0.3, 0.4) is 0 Å². The molecule has 0 bridgehead atoms. The third kappa shape index (κ3) is 12.4. The molecule has 0 heteroatoms. The van der Waals surface area contributed by atoms with E-state index in [4.69, 9.17) is 0 Å². The summed E-state index contributed by atoms with van der Waals surface area (Å²) in [7, 11) is 0. The second-order valence-corrected chi connectivity index (χ2v) is 9.35. The predicted molar refractivity (Wildman–Crippen MR) is 146 cm³/mol. The molecular weight excluding hydrogens is 372 g/mol. The van der Waals surface area contributed by atoms with E-state index in [1.807, 2.05) is 0 Å². The Balaban J connectivity index is 0. The lowest BCUT2D eigenvalue weighted by Crippen LogP contribution is -2.00. The first-order valence-electron chi connectivity index (χ1n) is 11.7. The van der Waals surface area contributed by atoms with Crippen LogP contribution in [0.15, 0.2) is 50.1 Å². The molecule has 0 radical (unpaired) electrons. The fourth-order valence-corrected chi connectivity index (χ4v) is 2.85. The minimum atomic E-state index is 0.542. The van der Waals surface area contributed by atoms with Gasteiger partial charge in [-0.1, -0.05) is 96.0 Å². The molecule has 2 aromatic rings. The van der Waals surface area contributed by atoms with Crippen molar-refractivity contribution < 1.29 is 0 Å². The van der Waals surface area contributed by atoms with Gasteiger partial charge in [0.15, 0.2) is 0 Å². The molecule has 0 aliphatic heterocycles. The first-order valence-corrected chi connectivity index (χ1v) is 11.7. The third-order valence-electron chi connectivity index (χ3n) is 5.70. The molecule has 31 heavy (non-hydrogen) atoms. The van der Waals surface area contributed by atoms with Crippen molar-refractivity contribution in [2.45, 2.75) is 95.4 Å².